The Bertz CT molecular complexity index is 296. The van der Waals surface area contributed by atoms with Crippen molar-refractivity contribution in [2.75, 3.05) is 5.75 Å². The summed E-state index contributed by atoms with van der Waals surface area (Å²) in [4.78, 5) is 0. The maximum Gasteiger partial charge on any atom is 0.268 e. The monoisotopic (exact) mass is 188 g/mol. The van der Waals surface area contributed by atoms with Gasteiger partial charge in [-0.3, -0.25) is 4.55 Å². The quantitative estimate of drug-likeness (QED) is 0.538. The summed E-state index contributed by atoms with van der Waals surface area (Å²) in [5, 5.41) is 0. The van der Waals surface area contributed by atoms with Crippen LogP contribution in [0.1, 0.15) is 6.92 Å². The molecule has 0 rings (SSSR count). The zero-order chi connectivity index (χ0) is 9.61. The fourth-order valence-corrected chi connectivity index (χ4v) is 0.936. The van der Waals surface area contributed by atoms with Crippen molar-refractivity contribution >= 4 is 10.1 Å². The standard InChI is InChI=1S/C8H12O3S/c1-3-5-8(2)6-4-7-12(9,10)11/h3-6H,1,7H2,2H3,(H,9,10,11)/b6-4-,8-5-. The van der Waals surface area contributed by atoms with Crippen molar-refractivity contribution in [1.29, 1.82) is 0 Å². The van der Waals surface area contributed by atoms with Crippen LogP contribution in [-0.2, 0) is 10.1 Å². The molecule has 0 aromatic rings. The predicted octanol–water partition coefficient (Wildman–Crippen LogP) is 1.56. The molecule has 0 unspecified atom stereocenters. The summed E-state index contributed by atoms with van der Waals surface area (Å²) in [6.45, 7) is 5.29. The summed E-state index contributed by atoms with van der Waals surface area (Å²) in [6.07, 6.45) is 6.33. The molecule has 4 heteroatoms. The van der Waals surface area contributed by atoms with E-state index in [9.17, 15) is 8.42 Å². The number of rotatable bonds is 4. The van der Waals surface area contributed by atoms with Gasteiger partial charge in [-0.1, -0.05) is 36.5 Å². The SMILES string of the molecule is C=C/C=C(C)\C=C/CS(=O)(=O)O. The van der Waals surface area contributed by atoms with Crippen LogP contribution in [0.4, 0.5) is 0 Å². The van der Waals surface area contributed by atoms with Crippen molar-refractivity contribution in [2.45, 2.75) is 6.92 Å². The van der Waals surface area contributed by atoms with Gasteiger partial charge in [-0.25, -0.2) is 0 Å². The number of allylic oxidation sites excluding steroid dienone is 4. The van der Waals surface area contributed by atoms with Gasteiger partial charge < -0.3 is 0 Å². The molecule has 12 heavy (non-hydrogen) atoms. The van der Waals surface area contributed by atoms with E-state index >= 15 is 0 Å². The van der Waals surface area contributed by atoms with Crippen LogP contribution in [-0.4, -0.2) is 18.7 Å². The maximum absolute atomic E-state index is 10.2. The highest BCUT2D eigenvalue weighted by Crippen LogP contribution is 1.95. The smallest absolute Gasteiger partial charge is 0.268 e. The highest BCUT2D eigenvalue weighted by atomic mass is 32.2. The molecular formula is C8H12O3S. The van der Waals surface area contributed by atoms with Gasteiger partial charge in [-0.15, -0.1) is 0 Å². The van der Waals surface area contributed by atoms with Crippen molar-refractivity contribution < 1.29 is 13.0 Å². The van der Waals surface area contributed by atoms with Crippen LogP contribution in [0.5, 0.6) is 0 Å². The average Bonchev–Trinajstić information content (AvgIpc) is 1.84. The van der Waals surface area contributed by atoms with Crippen LogP contribution in [0.25, 0.3) is 0 Å². The lowest BCUT2D eigenvalue weighted by Gasteiger charge is -1.89. The van der Waals surface area contributed by atoms with Crippen molar-refractivity contribution in [1.82, 2.24) is 0 Å². The average molecular weight is 188 g/mol. The zero-order valence-electron chi connectivity index (χ0n) is 6.90. The van der Waals surface area contributed by atoms with E-state index in [1.54, 1.807) is 18.2 Å². The van der Waals surface area contributed by atoms with Crippen LogP contribution in [0.2, 0.25) is 0 Å². The van der Waals surface area contributed by atoms with E-state index in [0.717, 1.165) is 5.57 Å². The molecule has 0 bridgehead atoms. The first-order valence-electron chi connectivity index (χ1n) is 3.37. The summed E-state index contributed by atoms with van der Waals surface area (Å²) >= 11 is 0. The molecule has 0 saturated heterocycles. The lowest BCUT2D eigenvalue weighted by atomic mass is 10.2. The Morgan fingerprint density at radius 3 is 2.58 bits per heavy atom. The minimum absolute atomic E-state index is 0.352. The summed E-state index contributed by atoms with van der Waals surface area (Å²) in [5.74, 6) is -0.352. The summed E-state index contributed by atoms with van der Waals surface area (Å²) in [5.41, 5.74) is 0.883. The Morgan fingerprint density at radius 2 is 2.17 bits per heavy atom. The van der Waals surface area contributed by atoms with Crippen molar-refractivity contribution in [2.24, 2.45) is 0 Å². The Labute approximate surface area is 72.9 Å². The van der Waals surface area contributed by atoms with Gasteiger partial charge in [-0.2, -0.15) is 8.42 Å². The van der Waals surface area contributed by atoms with Crippen LogP contribution < -0.4 is 0 Å². The van der Waals surface area contributed by atoms with Gasteiger partial charge in [0.15, 0.2) is 0 Å². The Morgan fingerprint density at radius 1 is 1.58 bits per heavy atom. The molecule has 0 fully saturated rings. The molecule has 0 amide bonds. The van der Waals surface area contributed by atoms with Gasteiger partial charge in [0.05, 0.1) is 5.75 Å². The first kappa shape index (κ1) is 11.1. The third-order valence-electron chi connectivity index (χ3n) is 1.07. The van der Waals surface area contributed by atoms with Crippen molar-refractivity contribution in [3.63, 3.8) is 0 Å². The molecule has 0 saturated carbocycles. The second-order valence-electron chi connectivity index (χ2n) is 2.30. The molecule has 0 heterocycles. The Kier molecular flexibility index (Phi) is 4.54. The molecule has 0 radical (unpaired) electrons. The van der Waals surface area contributed by atoms with Crippen LogP contribution in [0, 0.1) is 0 Å². The molecule has 0 aliphatic carbocycles. The molecule has 0 aromatic carbocycles. The molecule has 0 aliphatic heterocycles. The lowest BCUT2D eigenvalue weighted by Crippen LogP contribution is -2.00. The fraction of sp³-hybridized carbons (Fsp3) is 0.250. The van der Waals surface area contributed by atoms with E-state index in [1.165, 1.54) is 6.08 Å². The minimum atomic E-state index is -3.87. The van der Waals surface area contributed by atoms with Gasteiger partial charge >= 0.3 is 0 Å². The number of hydrogen-bond acceptors (Lipinski definition) is 2. The van der Waals surface area contributed by atoms with Crippen LogP contribution >= 0.6 is 0 Å². The van der Waals surface area contributed by atoms with Gasteiger partial charge in [0, 0.05) is 0 Å². The highest BCUT2D eigenvalue weighted by Gasteiger charge is 1.97. The molecule has 68 valence electrons. The summed E-state index contributed by atoms with van der Waals surface area (Å²) < 4.78 is 28.8. The van der Waals surface area contributed by atoms with E-state index in [-0.39, 0.29) is 5.75 Å². The molecule has 0 aliphatic rings. The van der Waals surface area contributed by atoms with E-state index in [2.05, 4.69) is 6.58 Å². The third-order valence-corrected chi connectivity index (χ3v) is 1.68. The van der Waals surface area contributed by atoms with Gasteiger partial charge in [0.25, 0.3) is 10.1 Å². The molecule has 1 N–H and O–H groups in total. The largest absolute Gasteiger partial charge is 0.285 e. The second-order valence-corrected chi connectivity index (χ2v) is 3.79. The zero-order valence-corrected chi connectivity index (χ0v) is 7.71. The van der Waals surface area contributed by atoms with E-state index in [1.807, 2.05) is 6.92 Å². The van der Waals surface area contributed by atoms with Gasteiger partial charge in [0.1, 0.15) is 0 Å². The summed E-state index contributed by atoms with van der Waals surface area (Å²) in [7, 11) is -3.87. The third kappa shape index (κ3) is 7.24. The second kappa shape index (κ2) is 4.90. The number of hydrogen-bond donors (Lipinski definition) is 1. The lowest BCUT2D eigenvalue weighted by molar-refractivity contribution is 0.487. The van der Waals surface area contributed by atoms with E-state index in [4.69, 9.17) is 4.55 Å². The topological polar surface area (TPSA) is 54.4 Å². The Balaban J connectivity index is 4.10. The normalized spacial score (nSPS) is 13.7. The molecule has 0 spiro atoms. The Hall–Kier alpha value is -0.870. The predicted molar refractivity (Wildman–Crippen MR) is 49.5 cm³/mol. The molecule has 3 nitrogen and oxygen atoms in total. The van der Waals surface area contributed by atoms with E-state index in [0.29, 0.717) is 0 Å². The minimum Gasteiger partial charge on any atom is -0.285 e. The molecule has 0 atom stereocenters. The summed E-state index contributed by atoms with van der Waals surface area (Å²) in [6, 6.07) is 0. The van der Waals surface area contributed by atoms with Gasteiger partial charge in [-0.05, 0) is 6.92 Å². The highest BCUT2D eigenvalue weighted by molar-refractivity contribution is 7.85. The van der Waals surface area contributed by atoms with Crippen molar-refractivity contribution in [3.8, 4) is 0 Å². The molecule has 0 aromatic heterocycles. The van der Waals surface area contributed by atoms with E-state index < -0.39 is 10.1 Å². The maximum atomic E-state index is 10.2. The molecular weight excluding hydrogens is 176 g/mol. The van der Waals surface area contributed by atoms with Crippen molar-refractivity contribution in [3.05, 3.63) is 36.5 Å². The first-order valence-corrected chi connectivity index (χ1v) is 4.97. The first-order chi connectivity index (χ1) is 5.45. The van der Waals surface area contributed by atoms with Gasteiger partial charge in [0.2, 0.25) is 0 Å². The van der Waals surface area contributed by atoms with Crippen LogP contribution in [0.15, 0.2) is 36.5 Å². The fourth-order valence-electron chi connectivity index (χ4n) is 0.597. The van der Waals surface area contributed by atoms with Crippen LogP contribution in [0.3, 0.4) is 0 Å².